The van der Waals surface area contributed by atoms with Gasteiger partial charge in [-0.25, -0.2) is 4.79 Å². The minimum absolute atomic E-state index is 0.111. The van der Waals surface area contributed by atoms with Gasteiger partial charge in [-0.05, 0) is 26.8 Å². The summed E-state index contributed by atoms with van der Waals surface area (Å²) in [6, 6.07) is 0.209. The first-order valence-corrected chi connectivity index (χ1v) is 4.51. The summed E-state index contributed by atoms with van der Waals surface area (Å²) in [4.78, 5) is 20.6. The SMILES string of the molecule is C=C(C)C(=O)OC.C=CC(=O)NC(C)C. The van der Waals surface area contributed by atoms with Gasteiger partial charge in [0, 0.05) is 11.6 Å². The van der Waals surface area contributed by atoms with Crippen molar-refractivity contribution in [3.05, 3.63) is 24.8 Å². The van der Waals surface area contributed by atoms with E-state index in [0.29, 0.717) is 5.57 Å². The third-order valence-corrected chi connectivity index (χ3v) is 1.15. The van der Waals surface area contributed by atoms with Gasteiger partial charge >= 0.3 is 5.97 Å². The fourth-order valence-electron chi connectivity index (χ4n) is 0.518. The lowest BCUT2D eigenvalue weighted by Gasteiger charge is -2.02. The normalized spacial score (nSPS) is 8.33. The largest absolute Gasteiger partial charge is 0.466 e. The molecular formula is C11H19NO3. The van der Waals surface area contributed by atoms with Crippen LogP contribution in [0.25, 0.3) is 0 Å². The van der Waals surface area contributed by atoms with Crippen LogP contribution in [0, 0.1) is 0 Å². The minimum Gasteiger partial charge on any atom is -0.466 e. The van der Waals surface area contributed by atoms with Crippen LogP contribution in [0.1, 0.15) is 20.8 Å². The maximum Gasteiger partial charge on any atom is 0.332 e. The summed E-state index contributed by atoms with van der Waals surface area (Å²) in [6.07, 6.45) is 1.26. The Kier molecular flexibility index (Phi) is 9.52. The maximum atomic E-state index is 10.4. The van der Waals surface area contributed by atoms with Gasteiger partial charge < -0.3 is 10.1 Å². The summed E-state index contributed by atoms with van der Waals surface area (Å²) in [6.45, 7) is 12.1. The number of rotatable bonds is 3. The highest BCUT2D eigenvalue weighted by molar-refractivity contribution is 5.87. The van der Waals surface area contributed by atoms with Crippen molar-refractivity contribution < 1.29 is 14.3 Å². The van der Waals surface area contributed by atoms with Crippen molar-refractivity contribution in [3.63, 3.8) is 0 Å². The number of hydrogen-bond donors (Lipinski definition) is 1. The van der Waals surface area contributed by atoms with Gasteiger partial charge in [-0.3, -0.25) is 4.79 Å². The van der Waals surface area contributed by atoms with Crippen LogP contribution in [0.5, 0.6) is 0 Å². The lowest BCUT2D eigenvalue weighted by Crippen LogP contribution is -2.27. The molecule has 0 saturated carbocycles. The zero-order valence-corrected chi connectivity index (χ0v) is 9.79. The zero-order valence-electron chi connectivity index (χ0n) is 9.79. The standard InChI is InChI=1S/C6H11NO.C5H8O2/c1-4-6(8)7-5(2)3;1-4(2)5(6)7-3/h4-5H,1H2,2-3H3,(H,7,8);1H2,2-3H3. The van der Waals surface area contributed by atoms with E-state index >= 15 is 0 Å². The van der Waals surface area contributed by atoms with E-state index in [1.807, 2.05) is 13.8 Å². The first kappa shape index (κ1) is 15.9. The molecule has 15 heavy (non-hydrogen) atoms. The molecule has 0 radical (unpaired) electrons. The van der Waals surface area contributed by atoms with Crippen LogP contribution in [-0.4, -0.2) is 25.0 Å². The quantitative estimate of drug-likeness (QED) is 0.570. The van der Waals surface area contributed by atoms with Gasteiger partial charge in [-0.15, -0.1) is 0 Å². The van der Waals surface area contributed by atoms with Crippen molar-refractivity contribution in [3.8, 4) is 0 Å². The zero-order chi connectivity index (χ0) is 12.4. The molecule has 0 heterocycles. The van der Waals surface area contributed by atoms with Crippen molar-refractivity contribution in [1.29, 1.82) is 0 Å². The molecule has 0 saturated heterocycles. The van der Waals surface area contributed by atoms with Crippen LogP contribution in [0.15, 0.2) is 24.8 Å². The predicted molar refractivity (Wildman–Crippen MR) is 60.3 cm³/mol. The molecule has 0 aromatic rings. The number of carbonyl (C=O) groups is 2. The van der Waals surface area contributed by atoms with E-state index in [2.05, 4.69) is 23.2 Å². The summed E-state index contributed by atoms with van der Waals surface area (Å²) in [5.41, 5.74) is 0.433. The van der Waals surface area contributed by atoms with Crippen LogP contribution in [0.4, 0.5) is 0 Å². The number of esters is 1. The van der Waals surface area contributed by atoms with Crippen molar-refractivity contribution >= 4 is 11.9 Å². The Hall–Kier alpha value is -1.58. The van der Waals surface area contributed by atoms with Crippen LogP contribution in [-0.2, 0) is 14.3 Å². The summed E-state index contributed by atoms with van der Waals surface area (Å²) >= 11 is 0. The molecule has 0 unspecified atom stereocenters. The minimum atomic E-state index is -0.347. The number of methoxy groups -OCH3 is 1. The van der Waals surface area contributed by atoms with Gasteiger partial charge in [0.15, 0.2) is 0 Å². The number of ether oxygens (including phenoxy) is 1. The van der Waals surface area contributed by atoms with E-state index in [9.17, 15) is 9.59 Å². The Balaban J connectivity index is 0. The van der Waals surface area contributed by atoms with Crippen LogP contribution >= 0.6 is 0 Å². The van der Waals surface area contributed by atoms with Crippen molar-refractivity contribution in [2.24, 2.45) is 0 Å². The third kappa shape index (κ3) is 12.4. The highest BCUT2D eigenvalue weighted by Crippen LogP contribution is 1.87. The Morgan fingerprint density at radius 3 is 1.93 bits per heavy atom. The number of amides is 1. The monoisotopic (exact) mass is 213 g/mol. The molecule has 0 aromatic heterocycles. The maximum absolute atomic E-state index is 10.4. The second kappa shape index (κ2) is 8.99. The first-order valence-electron chi connectivity index (χ1n) is 4.51. The molecule has 0 spiro atoms. The number of nitrogens with one attached hydrogen (secondary N) is 1. The number of hydrogen-bond acceptors (Lipinski definition) is 3. The Bertz CT molecular complexity index is 244. The molecular weight excluding hydrogens is 194 g/mol. The Labute approximate surface area is 91.0 Å². The summed E-state index contributed by atoms with van der Waals surface area (Å²) in [7, 11) is 1.33. The fraction of sp³-hybridized carbons (Fsp3) is 0.455. The highest BCUT2D eigenvalue weighted by atomic mass is 16.5. The third-order valence-electron chi connectivity index (χ3n) is 1.15. The van der Waals surface area contributed by atoms with Crippen molar-refractivity contribution in [2.45, 2.75) is 26.8 Å². The molecule has 4 heteroatoms. The van der Waals surface area contributed by atoms with Gasteiger partial charge in [0.05, 0.1) is 7.11 Å². The lowest BCUT2D eigenvalue weighted by atomic mass is 10.4. The van der Waals surface area contributed by atoms with Crippen LogP contribution in [0.3, 0.4) is 0 Å². The molecule has 1 amide bonds. The molecule has 0 bridgehead atoms. The molecule has 4 nitrogen and oxygen atoms in total. The smallest absolute Gasteiger partial charge is 0.332 e. The predicted octanol–water partition coefficient (Wildman–Crippen LogP) is 1.43. The molecule has 0 atom stereocenters. The van der Waals surface area contributed by atoms with Gasteiger partial charge in [-0.1, -0.05) is 13.2 Å². The van der Waals surface area contributed by atoms with Crippen molar-refractivity contribution in [2.75, 3.05) is 7.11 Å². The van der Waals surface area contributed by atoms with Gasteiger partial charge in [0.1, 0.15) is 0 Å². The average Bonchev–Trinajstić information content (AvgIpc) is 2.16. The van der Waals surface area contributed by atoms with E-state index in [1.54, 1.807) is 6.92 Å². The molecule has 0 aliphatic rings. The van der Waals surface area contributed by atoms with E-state index in [4.69, 9.17) is 0 Å². The summed E-state index contributed by atoms with van der Waals surface area (Å²) < 4.78 is 4.27. The van der Waals surface area contributed by atoms with E-state index < -0.39 is 0 Å². The first-order chi connectivity index (χ1) is 6.84. The fourth-order valence-corrected chi connectivity index (χ4v) is 0.518. The molecule has 0 fully saturated rings. The number of carbonyl (C=O) groups excluding carboxylic acids is 2. The Morgan fingerprint density at radius 2 is 1.87 bits per heavy atom. The molecule has 1 N–H and O–H groups in total. The Morgan fingerprint density at radius 1 is 1.40 bits per heavy atom. The van der Waals surface area contributed by atoms with Gasteiger partial charge in [0.2, 0.25) is 5.91 Å². The molecule has 0 aromatic carbocycles. The van der Waals surface area contributed by atoms with Gasteiger partial charge in [0.25, 0.3) is 0 Å². The lowest BCUT2D eigenvalue weighted by molar-refractivity contribution is -0.136. The molecule has 86 valence electrons. The molecule has 0 aliphatic heterocycles. The molecule has 0 rings (SSSR count). The molecule has 0 aliphatic carbocycles. The summed E-state index contributed by atoms with van der Waals surface area (Å²) in [5.74, 6) is -0.458. The van der Waals surface area contributed by atoms with E-state index in [0.717, 1.165) is 0 Å². The van der Waals surface area contributed by atoms with E-state index in [-0.39, 0.29) is 17.9 Å². The van der Waals surface area contributed by atoms with Crippen LogP contribution in [0.2, 0.25) is 0 Å². The topological polar surface area (TPSA) is 55.4 Å². The second-order valence-electron chi connectivity index (χ2n) is 3.14. The van der Waals surface area contributed by atoms with Crippen molar-refractivity contribution in [1.82, 2.24) is 5.32 Å². The summed E-state index contributed by atoms with van der Waals surface area (Å²) in [5, 5.41) is 2.64. The second-order valence-corrected chi connectivity index (χ2v) is 3.14. The van der Waals surface area contributed by atoms with Crippen LogP contribution < -0.4 is 5.32 Å². The average molecular weight is 213 g/mol. The highest BCUT2D eigenvalue weighted by Gasteiger charge is 1.95. The van der Waals surface area contributed by atoms with Gasteiger partial charge in [-0.2, -0.15) is 0 Å². The van der Waals surface area contributed by atoms with E-state index in [1.165, 1.54) is 13.2 Å².